The third kappa shape index (κ3) is 1.14. The van der Waals surface area contributed by atoms with Crippen LogP contribution in [-0.2, 0) is 4.79 Å². The number of hydrogen-bond donors (Lipinski definition) is 1. The normalized spacial score (nSPS) is 25.5. The van der Waals surface area contributed by atoms with Gasteiger partial charge in [-0.2, -0.15) is 0 Å². The number of para-hydroxylation sites is 1. The van der Waals surface area contributed by atoms with Crippen LogP contribution in [0.3, 0.4) is 0 Å². The van der Waals surface area contributed by atoms with Crippen molar-refractivity contribution in [3.8, 4) is 0 Å². The van der Waals surface area contributed by atoms with Crippen molar-refractivity contribution >= 4 is 11.5 Å². The summed E-state index contributed by atoms with van der Waals surface area (Å²) in [6.45, 7) is 1.92. The average molecular weight is 226 g/mol. The first-order valence-electron chi connectivity index (χ1n) is 6.23. The monoisotopic (exact) mass is 226 g/mol. The summed E-state index contributed by atoms with van der Waals surface area (Å²) in [5.41, 5.74) is 4.65. The highest BCUT2D eigenvalue weighted by Gasteiger charge is 2.39. The molecule has 17 heavy (non-hydrogen) atoms. The number of benzene rings is 1. The summed E-state index contributed by atoms with van der Waals surface area (Å²) in [5.74, 6) is 0.726. The van der Waals surface area contributed by atoms with Crippen molar-refractivity contribution in [3.63, 3.8) is 0 Å². The van der Waals surface area contributed by atoms with E-state index in [1.165, 1.54) is 11.3 Å². The second kappa shape index (κ2) is 3.13. The van der Waals surface area contributed by atoms with Crippen LogP contribution in [0.2, 0.25) is 0 Å². The van der Waals surface area contributed by atoms with Crippen LogP contribution in [0.4, 0.5) is 5.69 Å². The Kier molecular flexibility index (Phi) is 1.71. The minimum atomic E-state index is 0.310. The van der Waals surface area contributed by atoms with Crippen molar-refractivity contribution < 1.29 is 4.79 Å². The zero-order valence-electron chi connectivity index (χ0n) is 9.57. The van der Waals surface area contributed by atoms with Crippen LogP contribution in [-0.4, -0.2) is 23.8 Å². The lowest BCUT2D eigenvalue weighted by molar-refractivity contribution is -0.114. The lowest BCUT2D eigenvalue weighted by Gasteiger charge is -2.29. The van der Waals surface area contributed by atoms with E-state index in [2.05, 4.69) is 28.4 Å². The van der Waals surface area contributed by atoms with Crippen molar-refractivity contribution in [2.75, 3.05) is 18.4 Å². The van der Waals surface area contributed by atoms with Gasteiger partial charge in [-0.15, -0.1) is 0 Å². The first-order valence-corrected chi connectivity index (χ1v) is 6.23. The number of hydrogen-bond acceptors (Lipinski definition) is 3. The van der Waals surface area contributed by atoms with Crippen molar-refractivity contribution in [1.82, 2.24) is 4.90 Å². The average Bonchev–Trinajstić information content (AvgIpc) is 2.90. The van der Waals surface area contributed by atoms with Crippen LogP contribution in [0.1, 0.15) is 24.3 Å². The minimum Gasteiger partial charge on any atom is -0.367 e. The Hall–Kier alpha value is -1.77. The van der Waals surface area contributed by atoms with Crippen LogP contribution < -0.4 is 5.32 Å². The molecule has 3 nitrogen and oxygen atoms in total. The Morgan fingerprint density at radius 2 is 2.12 bits per heavy atom. The fraction of sp³-hybridized carbons (Fsp3) is 0.357. The van der Waals surface area contributed by atoms with Gasteiger partial charge >= 0.3 is 0 Å². The van der Waals surface area contributed by atoms with Crippen LogP contribution in [0.5, 0.6) is 0 Å². The molecule has 0 spiro atoms. The predicted molar refractivity (Wildman–Crippen MR) is 65.6 cm³/mol. The van der Waals surface area contributed by atoms with Crippen molar-refractivity contribution in [3.05, 3.63) is 41.2 Å². The molecule has 1 atom stereocenters. The second-order valence-corrected chi connectivity index (χ2v) is 4.98. The molecule has 0 radical (unpaired) electrons. The number of allylic oxidation sites excluding steroid dienone is 2. The molecule has 3 aliphatic rings. The second-order valence-electron chi connectivity index (χ2n) is 4.98. The lowest BCUT2D eigenvalue weighted by Crippen LogP contribution is -2.29. The molecule has 0 aliphatic carbocycles. The van der Waals surface area contributed by atoms with Gasteiger partial charge < -0.3 is 10.2 Å². The maximum absolute atomic E-state index is 12.0. The Morgan fingerprint density at radius 3 is 3.06 bits per heavy atom. The number of rotatable bonds is 0. The molecule has 0 bridgehead atoms. The van der Waals surface area contributed by atoms with E-state index in [4.69, 9.17) is 0 Å². The number of fused-ring (bicyclic) bond motifs is 4. The molecule has 0 amide bonds. The van der Waals surface area contributed by atoms with Gasteiger partial charge in [0.05, 0.1) is 5.70 Å². The predicted octanol–water partition coefficient (Wildman–Crippen LogP) is 2.09. The molecule has 1 saturated heterocycles. The molecule has 3 heteroatoms. The molecular weight excluding hydrogens is 212 g/mol. The molecule has 1 aromatic rings. The number of nitrogens with zero attached hydrogens (tertiary/aromatic N) is 1. The molecule has 1 N–H and O–H groups in total. The smallest absolute Gasteiger partial charge is 0.182 e. The molecule has 3 aliphatic heterocycles. The van der Waals surface area contributed by atoms with Crippen molar-refractivity contribution in [2.45, 2.75) is 18.8 Å². The van der Waals surface area contributed by atoms with Gasteiger partial charge in [0.25, 0.3) is 0 Å². The van der Waals surface area contributed by atoms with E-state index < -0.39 is 0 Å². The molecule has 86 valence electrons. The van der Waals surface area contributed by atoms with E-state index in [-0.39, 0.29) is 0 Å². The molecule has 0 saturated carbocycles. The molecule has 0 aromatic heterocycles. The van der Waals surface area contributed by atoms with E-state index in [0.717, 1.165) is 30.9 Å². The maximum atomic E-state index is 12.0. The van der Waals surface area contributed by atoms with Gasteiger partial charge in [-0.1, -0.05) is 18.2 Å². The highest BCUT2D eigenvalue weighted by atomic mass is 16.1. The summed E-state index contributed by atoms with van der Waals surface area (Å²) in [5, 5.41) is 3.46. The zero-order chi connectivity index (χ0) is 11.4. The van der Waals surface area contributed by atoms with Gasteiger partial charge in [0.1, 0.15) is 5.70 Å². The van der Waals surface area contributed by atoms with Gasteiger partial charge in [-0.3, -0.25) is 4.79 Å². The van der Waals surface area contributed by atoms with Crippen LogP contribution in [0.15, 0.2) is 35.7 Å². The molecule has 1 unspecified atom stereocenters. The Bertz CT molecular complexity index is 547. The van der Waals surface area contributed by atoms with Crippen molar-refractivity contribution in [1.29, 1.82) is 0 Å². The Labute approximate surface area is 100 Å². The summed E-state index contributed by atoms with van der Waals surface area (Å²) in [6, 6.07) is 8.40. The van der Waals surface area contributed by atoms with E-state index >= 15 is 0 Å². The Balaban J connectivity index is 1.90. The number of anilines is 1. The number of nitrogens with one attached hydrogen (secondary N) is 1. The van der Waals surface area contributed by atoms with Crippen LogP contribution >= 0.6 is 0 Å². The van der Waals surface area contributed by atoms with E-state index in [0.29, 0.717) is 18.1 Å². The third-order valence-corrected chi connectivity index (χ3v) is 4.09. The number of Topliss-reactive ketones (excluding diaryl/α,β-unsaturated/α-hetero) is 1. The van der Waals surface area contributed by atoms with E-state index in [1.807, 2.05) is 6.07 Å². The molecule has 3 heterocycles. The largest absolute Gasteiger partial charge is 0.367 e. The SMILES string of the molecule is O=C1CCN2CCC3C(=C12)Nc1ccccc13. The third-order valence-electron chi connectivity index (χ3n) is 4.09. The molecule has 1 fully saturated rings. The molecule has 4 rings (SSSR count). The highest BCUT2D eigenvalue weighted by molar-refractivity contribution is 5.99. The van der Waals surface area contributed by atoms with Crippen molar-refractivity contribution in [2.24, 2.45) is 0 Å². The van der Waals surface area contributed by atoms with Gasteiger partial charge in [0, 0.05) is 31.1 Å². The first-order chi connectivity index (χ1) is 8.34. The summed E-state index contributed by atoms with van der Waals surface area (Å²) < 4.78 is 0. The van der Waals surface area contributed by atoms with Gasteiger partial charge in [-0.05, 0) is 18.1 Å². The van der Waals surface area contributed by atoms with Gasteiger partial charge in [-0.25, -0.2) is 0 Å². The standard InChI is InChI=1S/C14H14N2O/c17-12-6-8-16-7-5-10-9-3-1-2-4-11(9)15-13(10)14(12)16/h1-4,10,15H,5-8H2. The van der Waals surface area contributed by atoms with Gasteiger partial charge in [0.2, 0.25) is 0 Å². The fourth-order valence-electron chi connectivity index (χ4n) is 3.30. The van der Waals surface area contributed by atoms with Gasteiger partial charge in [0.15, 0.2) is 5.78 Å². The van der Waals surface area contributed by atoms with E-state index in [9.17, 15) is 4.79 Å². The minimum absolute atomic E-state index is 0.310. The molecule has 1 aromatic carbocycles. The summed E-state index contributed by atoms with van der Waals surface area (Å²) >= 11 is 0. The zero-order valence-corrected chi connectivity index (χ0v) is 9.57. The van der Waals surface area contributed by atoms with E-state index in [1.54, 1.807) is 0 Å². The summed E-state index contributed by atoms with van der Waals surface area (Å²) in [7, 11) is 0. The number of carbonyl (C=O) groups is 1. The summed E-state index contributed by atoms with van der Waals surface area (Å²) in [6.07, 6.45) is 1.81. The fourth-order valence-corrected chi connectivity index (χ4v) is 3.30. The van der Waals surface area contributed by atoms with Crippen LogP contribution in [0.25, 0.3) is 0 Å². The number of carbonyl (C=O) groups excluding carboxylic acids is 1. The Morgan fingerprint density at radius 1 is 1.24 bits per heavy atom. The topological polar surface area (TPSA) is 32.3 Å². The number of ketones is 1. The van der Waals surface area contributed by atoms with Crippen LogP contribution in [0, 0.1) is 0 Å². The lowest BCUT2D eigenvalue weighted by atomic mass is 9.91. The quantitative estimate of drug-likeness (QED) is 0.735. The maximum Gasteiger partial charge on any atom is 0.182 e. The summed E-state index contributed by atoms with van der Waals surface area (Å²) in [4.78, 5) is 14.2. The first kappa shape index (κ1) is 9.28. The highest BCUT2D eigenvalue weighted by Crippen LogP contribution is 2.46. The molecular formula is C14H14N2O.